The molecule has 0 saturated heterocycles. The number of aryl methyl sites for hydroxylation is 2. The summed E-state index contributed by atoms with van der Waals surface area (Å²) in [5.41, 5.74) is 3.18. The van der Waals surface area contributed by atoms with Gasteiger partial charge >= 0.3 is 0 Å². The Morgan fingerprint density at radius 1 is 1.25 bits per heavy atom. The van der Waals surface area contributed by atoms with E-state index in [1.807, 2.05) is 23.9 Å². The first-order valence-electron chi connectivity index (χ1n) is 7.03. The van der Waals surface area contributed by atoms with Crippen LogP contribution in [0.4, 0.5) is 0 Å². The molecule has 0 aliphatic heterocycles. The van der Waals surface area contributed by atoms with E-state index >= 15 is 0 Å². The molecule has 0 radical (unpaired) electrons. The topological polar surface area (TPSA) is 52.0 Å². The van der Waals surface area contributed by atoms with Crippen LogP contribution in [-0.4, -0.2) is 21.3 Å². The first-order valence-corrected chi connectivity index (χ1v) is 7.03. The smallest absolute Gasteiger partial charge is 0.138 e. The van der Waals surface area contributed by atoms with Gasteiger partial charge in [-0.3, -0.25) is 9.67 Å². The summed E-state index contributed by atoms with van der Waals surface area (Å²) in [7, 11) is 1.94. The molecule has 0 aromatic carbocycles. The number of nitrogens with zero attached hydrogens (tertiary/aromatic N) is 3. The molecule has 0 spiro atoms. The number of rotatable bonds is 7. The molecule has 2 heterocycles. The van der Waals surface area contributed by atoms with Crippen LogP contribution in [0.5, 0.6) is 5.75 Å². The van der Waals surface area contributed by atoms with Crippen molar-refractivity contribution >= 4 is 0 Å². The molecule has 1 N–H and O–H groups in total. The van der Waals surface area contributed by atoms with Crippen molar-refractivity contribution in [3.8, 4) is 5.75 Å². The fraction of sp³-hybridized carbons (Fsp3) is 0.467. The Kier molecular flexibility index (Phi) is 5.12. The molecule has 20 heavy (non-hydrogen) atoms. The molecule has 0 bridgehead atoms. The van der Waals surface area contributed by atoms with Crippen molar-refractivity contribution in [3.63, 3.8) is 0 Å². The van der Waals surface area contributed by atoms with Gasteiger partial charge in [0.15, 0.2) is 0 Å². The molecular formula is C15H22N4O. The normalized spacial score (nSPS) is 10.8. The van der Waals surface area contributed by atoms with Gasteiger partial charge in [-0.2, -0.15) is 5.10 Å². The summed E-state index contributed by atoms with van der Waals surface area (Å²) in [5.74, 6) is 0.782. The molecule has 5 heteroatoms. The maximum absolute atomic E-state index is 5.75. The quantitative estimate of drug-likeness (QED) is 0.839. The van der Waals surface area contributed by atoms with Crippen LogP contribution in [0.1, 0.15) is 30.9 Å². The minimum Gasteiger partial charge on any atom is -0.486 e. The first-order chi connectivity index (χ1) is 9.72. The van der Waals surface area contributed by atoms with Gasteiger partial charge in [-0.1, -0.05) is 13.8 Å². The predicted octanol–water partition coefficient (Wildman–Crippen LogP) is 2.07. The second-order valence-electron chi connectivity index (χ2n) is 4.66. The molecule has 108 valence electrons. The summed E-state index contributed by atoms with van der Waals surface area (Å²) >= 11 is 0. The van der Waals surface area contributed by atoms with Gasteiger partial charge < -0.3 is 10.1 Å². The Labute approximate surface area is 120 Å². The Bertz CT molecular complexity index is 533. The highest BCUT2D eigenvalue weighted by Crippen LogP contribution is 2.12. The summed E-state index contributed by atoms with van der Waals surface area (Å²) in [6, 6.07) is 6.02. The second kappa shape index (κ2) is 7.05. The zero-order valence-corrected chi connectivity index (χ0v) is 12.4. The van der Waals surface area contributed by atoms with Crippen molar-refractivity contribution < 1.29 is 4.74 Å². The van der Waals surface area contributed by atoms with Crippen LogP contribution in [0.2, 0.25) is 0 Å². The number of nitrogens with one attached hydrogen (secondary N) is 1. The van der Waals surface area contributed by atoms with Gasteiger partial charge in [0, 0.05) is 13.6 Å². The lowest BCUT2D eigenvalue weighted by molar-refractivity contribution is 0.293. The molecule has 0 aliphatic carbocycles. The fourth-order valence-electron chi connectivity index (χ4n) is 1.89. The van der Waals surface area contributed by atoms with E-state index in [1.165, 1.54) is 0 Å². The number of pyridine rings is 1. The van der Waals surface area contributed by atoms with Gasteiger partial charge in [-0.25, -0.2) is 0 Å². The number of hydrogen-bond donors (Lipinski definition) is 1. The van der Waals surface area contributed by atoms with Crippen LogP contribution in [-0.2, 0) is 26.6 Å². The zero-order chi connectivity index (χ0) is 14.4. The van der Waals surface area contributed by atoms with Crippen molar-refractivity contribution in [1.82, 2.24) is 20.1 Å². The summed E-state index contributed by atoms with van der Waals surface area (Å²) < 4.78 is 7.61. The Balaban J connectivity index is 1.91. The fourth-order valence-corrected chi connectivity index (χ4v) is 1.89. The van der Waals surface area contributed by atoms with Crippen molar-refractivity contribution in [2.75, 3.05) is 6.54 Å². The third-order valence-electron chi connectivity index (χ3n) is 3.13. The number of aromatic nitrogens is 3. The lowest BCUT2D eigenvalue weighted by Crippen LogP contribution is -2.12. The summed E-state index contributed by atoms with van der Waals surface area (Å²) in [5, 5.41) is 7.65. The predicted molar refractivity (Wildman–Crippen MR) is 78.5 cm³/mol. The summed E-state index contributed by atoms with van der Waals surface area (Å²) in [6.45, 7) is 6.42. The molecular weight excluding hydrogens is 252 g/mol. The Morgan fingerprint density at radius 3 is 2.70 bits per heavy atom. The molecule has 2 aromatic rings. The van der Waals surface area contributed by atoms with Crippen LogP contribution < -0.4 is 10.1 Å². The first kappa shape index (κ1) is 14.5. The van der Waals surface area contributed by atoms with Crippen molar-refractivity contribution in [1.29, 1.82) is 0 Å². The average Bonchev–Trinajstić information content (AvgIpc) is 2.84. The van der Waals surface area contributed by atoms with E-state index in [2.05, 4.69) is 35.3 Å². The van der Waals surface area contributed by atoms with Crippen LogP contribution in [0.3, 0.4) is 0 Å². The highest BCUT2D eigenvalue weighted by atomic mass is 16.5. The lowest BCUT2D eigenvalue weighted by Gasteiger charge is -2.07. The zero-order valence-electron chi connectivity index (χ0n) is 12.4. The van der Waals surface area contributed by atoms with Crippen LogP contribution in [0.25, 0.3) is 0 Å². The molecule has 0 atom stereocenters. The standard InChI is InChI=1S/C15H22N4O/c1-4-12-8-14(19(3)18-12)11-20-15-7-6-13(17-10-15)9-16-5-2/h6-8,10,16H,4-5,9,11H2,1-3H3. The van der Waals surface area contributed by atoms with Gasteiger partial charge in [-0.15, -0.1) is 0 Å². The van der Waals surface area contributed by atoms with Gasteiger partial charge in [0.25, 0.3) is 0 Å². The Hall–Kier alpha value is -1.88. The highest BCUT2D eigenvalue weighted by molar-refractivity contribution is 5.20. The van der Waals surface area contributed by atoms with Gasteiger partial charge in [0.1, 0.15) is 12.4 Å². The lowest BCUT2D eigenvalue weighted by atomic mass is 10.3. The largest absolute Gasteiger partial charge is 0.486 e. The van der Waals surface area contributed by atoms with E-state index in [-0.39, 0.29) is 0 Å². The number of ether oxygens (including phenoxy) is 1. The molecule has 2 aromatic heterocycles. The third-order valence-corrected chi connectivity index (χ3v) is 3.13. The van der Waals surface area contributed by atoms with Crippen molar-refractivity contribution in [2.24, 2.45) is 7.05 Å². The second-order valence-corrected chi connectivity index (χ2v) is 4.66. The maximum atomic E-state index is 5.75. The minimum atomic E-state index is 0.512. The van der Waals surface area contributed by atoms with E-state index in [0.717, 1.165) is 42.3 Å². The SMILES string of the molecule is CCNCc1ccc(OCc2cc(CC)nn2C)cn1. The molecule has 0 amide bonds. The van der Waals surface area contributed by atoms with E-state index in [9.17, 15) is 0 Å². The monoisotopic (exact) mass is 274 g/mol. The van der Waals surface area contributed by atoms with Gasteiger partial charge in [0.05, 0.1) is 23.3 Å². The van der Waals surface area contributed by atoms with E-state index < -0.39 is 0 Å². The van der Waals surface area contributed by atoms with Crippen molar-refractivity contribution in [2.45, 2.75) is 33.4 Å². The van der Waals surface area contributed by atoms with E-state index in [4.69, 9.17) is 4.74 Å². The molecule has 0 saturated carbocycles. The van der Waals surface area contributed by atoms with Crippen molar-refractivity contribution in [3.05, 3.63) is 41.5 Å². The van der Waals surface area contributed by atoms with Crippen LogP contribution in [0.15, 0.2) is 24.4 Å². The van der Waals surface area contributed by atoms with E-state index in [1.54, 1.807) is 6.20 Å². The summed E-state index contributed by atoms with van der Waals surface area (Å²) in [6.07, 6.45) is 2.71. The molecule has 0 fully saturated rings. The third kappa shape index (κ3) is 3.81. The molecule has 0 aliphatic rings. The molecule has 5 nitrogen and oxygen atoms in total. The van der Waals surface area contributed by atoms with Crippen LogP contribution in [0, 0.1) is 0 Å². The van der Waals surface area contributed by atoms with Gasteiger partial charge in [0.2, 0.25) is 0 Å². The highest BCUT2D eigenvalue weighted by Gasteiger charge is 2.05. The summed E-state index contributed by atoms with van der Waals surface area (Å²) in [4.78, 5) is 4.36. The Morgan fingerprint density at radius 2 is 2.10 bits per heavy atom. The molecule has 2 rings (SSSR count). The van der Waals surface area contributed by atoms with Gasteiger partial charge in [-0.05, 0) is 31.2 Å². The maximum Gasteiger partial charge on any atom is 0.138 e. The average molecular weight is 274 g/mol. The van der Waals surface area contributed by atoms with E-state index in [0.29, 0.717) is 6.61 Å². The minimum absolute atomic E-state index is 0.512. The van der Waals surface area contributed by atoms with Crippen LogP contribution >= 0.6 is 0 Å². The number of hydrogen-bond acceptors (Lipinski definition) is 4. The molecule has 0 unspecified atom stereocenters.